The summed E-state index contributed by atoms with van der Waals surface area (Å²) in [6.07, 6.45) is 1.86. The summed E-state index contributed by atoms with van der Waals surface area (Å²) in [4.78, 5) is 19.7. The fraction of sp³-hybridized carbons (Fsp3) is 0.273. The van der Waals surface area contributed by atoms with Gasteiger partial charge in [-0.05, 0) is 37.1 Å². The molecule has 1 fully saturated rings. The Balaban J connectivity index is 1.67. The highest BCUT2D eigenvalue weighted by atomic mass is 16.5. The second kappa shape index (κ2) is 7.27. The van der Waals surface area contributed by atoms with E-state index in [-0.39, 0.29) is 11.9 Å². The molecule has 1 aliphatic heterocycles. The van der Waals surface area contributed by atoms with Crippen LogP contribution < -0.4 is 9.47 Å². The van der Waals surface area contributed by atoms with E-state index in [1.54, 1.807) is 14.2 Å². The van der Waals surface area contributed by atoms with Crippen LogP contribution in [-0.4, -0.2) is 36.6 Å². The van der Waals surface area contributed by atoms with Gasteiger partial charge in [-0.1, -0.05) is 24.3 Å². The fourth-order valence-electron chi connectivity index (χ4n) is 3.76. The maximum absolute atomic E-state index is 13.2. The Morgan fingerprint density at radius 3 is 2.74 bits per heavy atom. The molecular formula is C22H22N2O3. The van der Waals surface area contributed by atoms with E-state index in [0.717, 1.165) is 40.8 Å². The van der Waals surface area contributed by atoms with Gasteiger partial charge in [-0.25, -0.2) is 4.98 Å². The molecule has 1 unspecified atom stereocenters. The third kappa shape index (κ3) is 3.21. The number of fused-ring (bicyclic) bond motifs is 1. The SMILES string of the molecule is COc1ccc(C2CCCN2C(=O)c2ccc3ccccc3n2)c(OC)c1. The number of pyridine rings is 1. The predicted octanol–water partition coefficient (Wildman–Crippen LogP) is 4.23. The topological polar surface area (TPSA) is 51.7 Å². The van der Waals surface area contributed by atoms with Crippen molar-refractivity contribution in [1.29, 1.82) is 0 Å². The van der Waals surface area contributed by atoms with Crippen molar-refractivity contribution < 1.29 is 14.3 Å². The predicted molar refractivity (Wildman–Crippen MR) is 104 cm³/mol. The van der Waals surface area contributed by atoms with Gasteiger partial charge in [-0.15, -0.1) is 0 Å². The molecule has 0 N–H and O–H groups in total. The molecule has 2 aromatic carbocycles. The number of rotatable bonds is 4. The van der Waals surface area contributed by atoms with Gasteiger partial charge in [0, 0.05) is 23.6 Å². The van der Waals surface area contributed by atoms with Crippen LogP contribution in [0.25, 0.3) is 10.9 Å². The van der Waals surface area contributed by atoms with Crippen molar-refractivity contribution in [2.75, 3.05) is 20.8 Å². The lowest BCUT2D eigenvalue weighted by Crippen LogP contribution is -2.31. The third-order valence-corrected chi connectivity index (χ3v) is 5.13. The molecular weight excluding hydrogens is 340 g/mol. The number of carbonyl (C=O) groups excluding carboxylic acids is 1. The molecule has 1 aromatic heterocycles. The normalized spacial score (nSPS) is 16.5. The maximum Gasteiger partial charge on any atom is 0.272 e. The minimum absolute atomic E-state index is 0.0216. The van der Waals surface area contributed by atoms with Gasteiger partial charge in [0.2, 0.25) is 0 Å². The van der Waals surface area contributed by atoms with Crippen molar-refractivity contribution in [3.05, 3.63) is 65.9 Å². The van der Waals surface area contributed by atoms with Gasteiger partial charge in [0.15, 0.2) is 0 Å². The monoisotopic (exact) mass is 362 g/mol. The van der Waals surface area contributed by atoms with E-state index in [1.165, 1.54) is 0 Å². The highest BCUT2D eigenvalue weighted by Gasteiger charge is 2.33. The Kier molecular flexibility index (Phi) is 4.67. The number of amides is 1. The summed E-state index contributed by atoms with van der Waals surface area (Å²) in [5.74, 6) is 1.44. The number of ether oxygens (including phenoxy) is 2. The van der Waals surface area contributed by atoms with Crippen LogP contribution in [0.1, 0.15) is 34.9 Å². The number of benzene rings is 2. The Morgan fingerprint density at radius 1 is 1.07 bits per heavy atom. The molecule has 0 spiro atoms. The first-order valence-corrected chi connectivity index (χ1v) is 9.10. The summed E-state index contributed by atoms with van der Waals surface area (Å²) in [7, 11) is 3.27. The Morgan fingerprint density at radius 2 is 1.93 bits per heavy atom. The first-order chi connectivity index (χ1) is 13.2. The summed E-state index contributed by atoms with van der Waals surface area (Å²) in [6, 6.07) is 17.3. The first-order valence-electron chi connectivity index (χ1n) is 9.10. The maximum atomic E-state index is 13.2. The molecule has 0 saturated carbocycles. The molecule has 138 valence electrons. The van der Waals surface area contributed by atoms with E-state index in [4.69, 9.17) is 9.47 Å². The van der Waals surface area contributed by atoms with Crippen molar-refractivity contribution in [2.45, 2.75) is 18.9 Å². The van der Waals surface area contributed by atoms with Crippen molar-refractivity contribution in [1.82, 2.24) is 9.88 Å². The third-order valence-electron chi connectivity index (χ3n) is 5.13. The molecule has 3 aromatic rings. The fourth-order valence-corrected chi connectivity index (χ4v) is 3.76. The number of hydrogen-bond acceptors (Lipinski definition) is 4. The van der Waals surface area contributed by atoms with Crippen LogP contribution in [0.3, 0.4) is 0 Å². The van der Waals surface area contributed by atoms with Crippen LogP contribution in [-0.2, 0) is 0 Å². The highest BCUT2D eigenvalue weighted by molar-refractivity contribution is 5.95. The molecule has 2 heterocycles. The lowest BCUT2D eigenvalue weighted by Gasteiger charge is -2.26. The van der Waals surface area contributed by atoms with Gasteiger partial charge >= 0.3 is 0 Å². The molecule has 0 aliphatic carbocycles. The lowest BCUT2D eigenvalue weighted by atomic mass is 10.0. The average molecular weight is 362 g/mol. The van der Waals surface area contributed by atoms with Crippen molar-refractivity contribution in [3.63, 3.8) is 0 Å². The zero-order valence-corrected chi connectivity index (χ0v) is 15.5. The molecule has 0 radical (unpaired) electrons. The lowest BCUT2D eigenvalue weighted by molar-refractivity contribution is 0.0728. The highest BCUT2D eigenvalue weighted by Crippen LogP contribution is 2.39. The number of aromatic nitrogens is 1. The van der Waals surface area contributed by atoms with Gasteiger partial charge < -0.3 is 14.4 Å². The van der Waals surface area contributed by atoms with E-state index in [9.17, 15) is 4.79 Å². The number of carbonyl (C=O) groups is 1. The number of nitrogens with zero attached hydrogens (tertiary/aromatic N) is 2. The molecule has 1 atom stereocenters. The number of methoxy groups -OCH3 is 2. The van der Waals surface area contributed by atoms with Crippen LogP contribution in [0, 0.1) is 0 Å². The summed E-state index contributed by atoms with van der Waals surface area (Å²) >= 11 is 0. The zero-order chi connectivity index (χ0) is 18.8. The molecule has 0 bridgehead atoms. The van der Waals surface area contributed by atoms with Gasteiger partial charge in [0.05, 0.1) is 25.8 Å². The van der Waals surface area contributed by atoms with Crippen molar-refractivity contribution >= 4 is 16.8 Å². The second-order valence-electron chi connectivity index (χ2n) is 6.65. The minimum Gasteiger partial charge on any atom is -0.497 e. The van der Waals surface area contributed by atoms with E-state index in [2.05, 4.69) is 4.98 Å². The second-order valence-corrected chi connectivity index (χ2v) is 6.65. The van der Waals surface area contributed by atoms with Gasteiger partial charge in [-0.2, -0.15) is 0 Å². The Labute approximate surface area is 158 Å². The van der Waals surface area contributed by atoms with Crippen LogP contribution >= 0.6 is 0 Å². The van der Waals surface area contributed by atoms with Gasteiger partial charge in [0.1, 0.15) is 17.2 Å². The molecule has 5 nitrogen and oxygen atoms in total. The number of hydrogen-bond donors (Lipinski definition) is 0. The summed E-state index contributed by atoms with van der Waals surface area (Å²) < 4.78 is 10.8. The molecule has 1 aliphatic rings. The van der Waals surface area contributed by atoms with Crippen LogP contribution in [0.5, 0.6) is 11.5 Å². The van der Waals surface area contributed by atoms with E-state index < -0.39 is 0 Å². The average Bonchev–Trinajstić information content (AvgIpc) is 3.21. The van der Waals surface area contributed by atoms with Crippen LogP contribution in [0.15, 0.2) is 54.6 Å². The molecule has 27 heavy (non-hydrogen) atoms. The largest absolute Gasteiger partial charge is 0.497 e. The summed E-state index contributed by atoms with van der Waals surface area (Å²) in [5.41, 5.74) is 2.32. The van der Waals surface area contributed by atoms with Gasteiger partial charge in [-0.3, -0.25) is 4.79 Å². The minimum atomic E-state index is -0.0406. The van der Waals surface area contributed by atoms with E-state index in [1.807, 2.05) is 59.5 Å². The number of likely N-dealkylation sites (tertiary alicyclic amines) is 1. The van der Waals surface area contributed by atoms with Crippen LogP contribution in [0.2, 0.25) is 0 Å². The zero-order valence-electron chi connectivity index (χ0n) is 15.5. The summed E-state index contributed by atoms with van der Waals surface area (Å²) in [5, 5.41) is 1.03. The summed E-state index contributed by atoms with van der Waals surface area (Å²) in [6.45, 7) is 0.715. The quantitative estimate of drug-likeness (QED) is 0.697. The molecule has 1 amide bonds. The Hall–Kier alpha value is -3.08. The number of para-hydroxylation sites is 1. The molecule has 4 rings (SSSR count). The van der Waals surface area contributed by atoms with Crippen molar-refractivity contribution in [3.8, 4) is 11.5 Å². The molecule has 5 heteroatoms. The Bertz CT molecular complexity index is 986. The van der Waals surface area contributed by atoms with Crippen LogP contribution in [0.4, 0.5) is 0 Å². The van der Waals surface area contributed by atoms with E-state index >= 15 is 0 Å². The molecule has 1 saturated heterocycles. The first kappa shape index (κ1) is 17.3. The van der Waals surface area contributed by atoms with Gasteiger partial charge in [0.25, 0.3) is 5.91 Å². The smallest absolute Gasteiger partial charge is 0.272 e. The van der Waals surface area contributed by atoms with E-state index in [0.29, 0.717) is 12.2 Å². The van der Waals surface area contributed by atoms with Crippen molar-refractivity contribution in [2.24, 2.45) is 0 Å². The standard InChI is InChI=1S/C22H22N2O3/c1-26-16-10-11-17(21(14-16)27-2)20-8-5-13-24(20)22(25)19-12-9-15-6-3-4-7-18(15)23-19/h3-4,6-7,9-12,14,20H,5,8,13H2,1-2H3.